The van der Waals surface area contributed by atoms with Crippen molar-refractivity contribution in [3.05, 3.63) is 143 Å². The molecule has 29 heavy (non-hydrogen) atoms. The molecule has 144 valence electrons. The lowest BCUT2D eigenvalue weighted by molar-refractivity contribution is 0.617. The van der Waals surface area contributed by atoms with Crippen LogP contribution in [0.25, 0.3) is 0 Å². The summed E-state index contributed by atoms with van der Waals surface area (Å²) in [6, 6.07) is 29.1. The van der Waals surface area contributed by atoms with Gasteiger partial charge in [0.1, 0.15) is 17.5 Å². The molecule has 0 aliphatic heterocycles. The standard InChI is InChI=1S/C26H19F3/c27-22-12-6-19(7-13-22)25(18-4-2-1-3-5-18)26(20-8-14-23(28)15-9-20)21-10-16-24(29)17-11-21/h1-17,25-26H. The third kappa shape index (κ3) is 4.24. The Bertz CT molecular complexity index is 1010. The van der Waals surface area contributed by atoms with Crippen LogP contribution in [0.2, 0.25) is 0 Å². The number of benzene rings is 4. The first-order valence-electron chi connectivity index (χ1n) is 9.43. The Hall–Kier alpha value is -3.33. The van der Waals surface area contributed by atoms with Crippen molar-refractivity contribution in [1.29, 1.82) is 0 Å². The van der Waals surface area contributed by atoms with Crippen LogP contribution in [-0.4, -0.2) is 0 Å². The maximum Gasteiger partial charge on any atom is 0.123 e. The summed E-state index contributed by atoms with van der Waals surface area (Å²) >= 11 is 0. The predicted octanol–water partition coefficient (Wildman–Crippen LogP) is 7.07. The summed E-state index contributed by atoms with van der Waals surface area (Å²) in [6.07, 6.45) is 0. The van der Waals surface area contributed by atoms with Crippen molar-refractivity contribution in [2.24, 2.45) is 0 Å². The van der Waals surface area contributed by atoms with Gasteiger partial charge in [0.25, 0.3) is 0 Å². The molecule has 0 aromatic heterocycles. The lowest BCUT2D eigenvalue weighted by Crippen LogP contribution is -2.15. The first-order valence-corrected chi connectivity index (χ1v) is 9.43. The highest BCUT2D eigenvalue weighted by Gasteiger charge is 2.28. The van der Waals surface area contributed by atoms with Crippen molar-refractivity contribution in [1.82, 2.24) is 0 Å². The first kappa shape index (κ1) is 19.0. The fourth-order valence-corrected chi connectivity index (χ4v) is 3.83. The fourth-order valence-electron chi connectivity index (χ4n) is 3.83. The van der Waals surface area contributed by atoms with E-state index in [1.807, 2.05) is 30.3 Å². The molecule has 0 saturated heterocycles. The van der Waals surface area contributed by atoms with Gasteiger partial charge in [0.05, 0.1) is 0 Å². The zero-order valence-corrected chi connectivity index (χ0v) is 15.6. The van der Waals surface area contributed by atoms with Gasteiger partial charge in [-0.3, -0.25) is 0 Å². The largest absolute Gasteiger partial charge is 0.207 e. The van der Waals surface area contributed by atoms with E-state index in [2.05, 4.69) is 0 Å². The van der Waals surface area contributed by atoms with Crippen molar-refractivity contribution < 1.29 is 13.2 Å². The molecule has 0 amide bonds. The molecule has 1 unspecified atom stereocenters. The van der Waals surface area contributed by atoms with Crippen LogP contribution in [0.5, 0.6) is 0 Å². The van der Waals surface area contributed by atoms with Gasteiger partial charge in [-0.25, -0.2) is 13.2 Å². The number of hydrogen-bond donors (Lipinski definition) is 0. The molecule has 0 saturated carbocycles. The molecule has 1 atom stereocenters. The van der Waals surface area contributed by atoms with E-state index in [0.29, 0.717) is 0 Å². The smallest absolute Gasteiger partial charge is 0.123 e. The highest BCUT2D eigenvalue weighted by molar-refractivity contribution is 5.44. The molecule has 0 nitrogen and oxygen atoms in total. The molecule has 4 aromatic carbocycles. The number of halogens is 3. The maximum absolute atomic E-state index is 13.6. The van der Waals surface area contributed by atoms with E-state index in [9.17, 15) is 13.2 Å². The van der Waals surface area contributed by atoms with Gasteiger partial charge in [0.15, 0.2) is 0 Å². The van der Waals surface area contributed by atoms with Crippen LogP contribution in [0.4, 0.5) is 13.2 Å². The molecule has 0 heterocycles. The van der Waals surface area contributed by atoms with Crippen molar-refractivity contribution in [3.8, 4) is 0 Å². The third-order valence-corrected chi connectivity index (χ3v) is 5.18. The van der Waals surface area contributed by atoms with Crippen molar-refractivity contribution in [3.63, 3.8) is 0 Å². The predicted molar refractivity (Wildman–Crippen MR) is 109 cm³/mol. The summed E-state index contributed by atoms with van der Waals surface area (Å²) in [5.41, 5.74) is 3.77. The van der Waals surface area contributed by atoms with Crippen LogP contribution in [0, 0.1) is 17.5 Å². The Kier molecular flexibility index (Phi) is 5.48. The molecule has 0 aliphatic carbocycles. The summed E-state index contributed by atoms with van der Waals surface area (Å²) in [4.78, 5) is 0. The van der Waals surface area contributed by atoms with Crippen molar-refractivity contribution in [2.75, 3.05) is 0 Å². The Morgan fingerprint density at radius 3 is 0.931 bits per heavy atom. The Labute approximate surface area is 168 Å². The van der Waals surface area contributed by atoms with E-state index in [-0.39, 0.29) is 29.3 Å². The summed E-state index contributed by atoms with van der Waals surface area (Å²) in [5.74, 6) is -1.30. The van der Waals surface area contributed by atoms with E-state index in [0.717, 1.165) is 22.3 Å². The van der Waals surface area contributed by atoms with E-state index in [4.69, 9.17) is 0 Å². The van der Waals surface area contributed by atoms with Crippen LogP contribution in [0.1, 0.15) is 34.1 Å². The molecule has 0 radical (unpaired) electrons. The second-order valence-electron chi connectivity index (χ2n) is 7.02. The van der Waals surface area contributed by atoms with Gasteiger partial charge in [-0.1, -0.05) is 66.7 Å². The second-order valence-corrected chi connectivity index (χ2v) is 7.02. The fraction of sp³-hybridized carbons (Fsp3) is 0.0769. The molecule has 3 heteroatoms. The molecule has 4 aromatic rings. The molecule has 0 spiro atoms. The van der Waals surface area contributed by atoms with Crippen molar-refractivity contribution >= 4 is 0 Å². The highest BCUT2D eigenvalue weighted by Crippen LogP contribution is 2.43. The molecule has 4 rings (SSSR count). The number of rotatable bonds is 5. The SMILES string of the molecule is Fc1ccc(C(c2ccccc2)C(c2ccc(F)cc2)c2ccc(F)cc2)cc1. The van der Waals surface area contributed by atoms with Gasteiger partial charge in [0, 0.05) is 11.8 Å². The average Bonchev–Trinajstić information content (AvgIpc) is 2.75. The minimum Gasteiger partial charge on any atom is -0.207 e. The lowest BCUT2D eigenvalue weighted by atomic mass is 9.74. The quantitative estimate of drug-likeness (QED) is 0.343. The van der Waals surface area contributed by atoms with Gasteiger partial charge in [0.2, 0.25) is 0 Å². The van der Waals surface area contributed by atoms with Crippen LogP contribution >= 0.6 is 0 Å². The summed E-state index contributed by atoms with van der Waals surface area (Å²) in [5, 5.41) is 0. The zero-order chi connectivity index (χ0) is 20.2. The summed E-state index contributed by atoms with van der Waals surface area (Å²) in [7, 11) is 0. The molecular formula is C26H19F3. The maximum atomic E-state index is 13.6. The zero-order valence-electron chi connectivity index (χ0n) is 15.6. The minimum absolute atomic E-state index is 0.160. The monoisotopic (exact) mass is 388 g/mol. The molecular weight excluding hydrogens is 369 g/mol. The van der Waals surface area contributed by atoms with E-state index < -0.39 is 0 Å². The van der Waals surface area contributed by atoms with Gasteiger partial charge >= 0.3 is 0 Å². The van der Waals surface area contributed by atoms with Gasteiger partial charge in [-0.2, -0.15) is 0 Å². The van der Waals surface area contributed by atoms with Crippen LogP contribution in [0.15, 0.2) is 103 Å². The van der Waals surface area contributed by atoms with E-state index >= 15 is 0 Å². The summed E-state index contributed by atoms with van der Waals surface area (Å²) in [6.45, 7) is 0. The lowest BCUT2D eigenvalue weighted by Gasteiger charge is -2.29. The topological polar surface area (TPSA) is 0 Å². The first-order chi connectivity index (χ1) is 14.1. The Balaban J connectivity index is 1.93. The Morgan fingerprint density at radius 2 is 0.621 bits per heavy atom. The Morgan fingerprint density at radius 1 is 0.345 bits per heavy atom. The molecule has 0 fully saturated rings. The van der Waals surface area contributed by atoms with Gasteiger partial charge in [-0.15, -0.1) is 0 Å². The average molecular weight is 388 g/mol. The summed E-state index contributed by atoms with van der Waals surface area (Å²) < 4.78 is 40.8. The normalized spacial score (nSPS) is 12.1. The van der Waals surface area contributed by atoms with Crippen LogP contribution in [0.3, 0.4) is 0 Å². The van der Waals surface area contributed by atoms with E-state index in [1.165, 1.54) is 36.4 Å². The molecule has 0 aliphatic rings. The number of hydrogen-bond acceptors (Lipinski definition) is 0. The third-order valence-electron chi connectivity index (χ3n) is 5.18. The molecule has 0 bridgehead atoms. The van der Waals surface area contributed by atoms with Gasteiger partial charge in [-0.05, 0) is 58.7 Å². The van der Waals surface area contributed by atoms with Crippen LogP contribution < -0.4 is 0 Å². The van der Waals surface area contributed by atoms with E-state index in [1.54, 1.807) is 36.4 Å². The van der Waals surface area contributed by atoms with Gasteiger partial charge < -0.3 is 0 Å². The highest BCUT2D eigenvalue weighted by atomic mass is 19.1. The van der Waals surface area contributed by atoms with Crippen molar-refractivity contribution in [2.45, 2.75) is 11.8 Å². The van der Waals surface area contributed by atoms with Crippen LogP contribution in [-0.2, 0) is 0 Å². The minimum atomic E-state index is -0.315. The second kappa shape index (κ2) is 8.36. The molecule has 0 N–H and O–H groups in total.